The molecule has 0 saturated carbocycles. The lowest BCUT2D eigenvalue weighted by molar-refractivity contribution is -0.117. The van der Waals surface area contributed by atoms with E-state index in [1.54, 1.807) is 39.8 Å². The Morgan fingerprint density at radius 1 is 1.35 bits per heavy atom. The first-order valence-corrected chi connectivity index (χ1v) is 6.47. The molecule has 0 aliphatic rings. The maximum atomic E-state index is 11.8. The van der Waals surface area contributed by atoms with Crippen molar-refractivity contribution in [2.24, 2.45) is 0 Å². The molecule has 0 aromatic carbocycles. The number of pyridine rings is 1. The van der Waals surface area contributed by atoms with E-state index in [2.05, 4.69) is 15.6 Å². The van der Waals surface area contributed by atoms with Gasteiger partial charge in [0.25, 0.3) is 0 Å². The van der Waals surface area contributed by atoms with Crippen LogP contribution < -0.4 is 10.6 Å². The van der Waals surface area contributed by atoms with Crippen molar-refractivity contribution in [2.45, 2.75) is 39.3 Å². The first-order chi connectivity index (χ1) is 9.17. The molecule has 0 unspecified atom stereocenters. The summed E-state index contributed by atoms with van der Waals surface area (Å²) in [6.45, 7) is 6.79. The lowest BCUT2D eigenvalue weighted by Gasteiger charge is -2.21. The van der Waals surface area contributed by atoms with Gasteiger partial charge in [-0.15, -0.1) is 0 Å². The molecule has 1 aromatic rings. The van der Waals surface area contributed by atoms with Crippen LogP contribution in [-0.4, -0.2) is 28.6 Å². The Hall–Kier alpha value is -1.82. The zero-order chi connectivity index (χ0) is 15.3. The van der Waals surface area contributed by atoms with Crippen LogP contribution in [-0.2, 0) is 9.53 Å². The highest BCUT2D eigenvalue weighted by Crippen LogP contribution is 2.10. The average molecular weight is 300 g/mol. The van der Waals surface area contributed by atoms with Crippen LogP contribution in [0.3, 0.4) is 0 Å². The van der Waals surface area contributed by atoms with Gasteiger partial charge in [0.1, 0.15) is 17.5 Å². The number of alkyl carbamates (subject to hydrolysis) is 1. The van der Waals surface area contributed by atoms with E-state index in [1.165, 1.54) is 6.20 Å². The van der Waals surface area contributed by atoms with E-state index in [4.69, 9.17) is 16.3 Å². The Morgan fingerprint density at radius 3 is 2.50 bits per heavy atom. The number of halogens is 1. The predicted molar refractivity (Wildman–Crippen MR) is 76.7 cm³/mol. The molecule has 6 nitrogen and oxygen atoms in total. The van der Waals surface area contributed by atoms with Crippen LogP contribution in [0.1, 0.15) is 27.7 Å². The topological polar surface area (TPSA) is 80.3 Å². The van der Waals surface area contributed by atoms with Crippen LogP contribution in [0.5, 0.6) is 0 Å². The molecule has 1 rings (SSSR count). The summed E-state index contributed by atoms with van der Waals surface area (Å²) >= 11 is 5.69. The molecule has 1 heterocycles. The second-order valence-electron chi connectivity index (χ2n) is 5.22. The van der Waals surface area contributed by atoms with Crippen molar-refractivity contribution in [3.8, 4) is 0 Å². The van der Waals surface area contributed by atoms with E-state index in [0.29, 0.717) is 10.8 Å². The standard InChI is InChI=1S/C13H18ClN3O3/c1-8(16-12(19)20-13(2,3)4)11(18)17-10-6-5-9(14)7-15-10/h5-8H,1-4H3,(H,16,19)(H,15,17,18)/t8-/m0/s1. The van der Waals surface area contributed by atoms with Crippen LogP contribution >= 0.6 is 11.6 Å². The van der Waals surface area contributed by atoms with Crippen molar-refractivity contribution in [3.05, 3.63) is 23.4 Å². The van der Waals surface area contributed by atoms with Crippen molar-refractivity contribution in [1.82, 2.24) is 10.3 Å². The molecule has 0 aliphatic carbocycles. The maximum Gasteiger partial charge on any atom is 0.408 e. The number of ether oxygens (including phenoxy) is 1. The van der Waals surface area contributed by atoms with Gasteiger partial charge in [-0.1, -0.05) is 11.6 Å². The SMILES string of the molecule is C[C@H](NC(=O)OC(C)(C)C)C(=O)Nc1ccc(Cl)cn1. The van der Waals surface area contributed by atoms with Crippen molar-refractivity contribution in [2.75, 3.05) is 5.32 Å². The largest absolute Gasteiger partial charge is 0.444 e. The van der Waals surface area contributed by atoms with E-state index < -0.39 is 23.6 Å². The monoisotopic (exact) mass is 299 g/mol. The Labute approximate surface area is 122 Å². The van der Waals surface area contributed by atoms with Crippen LogP contribution in [0.4, 0.5) is 10.6 Å². The summed E-state index contributed by atoms with van der Waals surface area (Å²) in [7, 11) is 0. The molecular formula is C13H18ClN3O3. The molecule has 7 heteroatoms. The summed E-state index contributed by atoms with van der Waals surface area (Å²) in [5.74, 6) is -0.0390. The van der Waals surface area contributed by atoms with Gasteiger partial charge in [0.05, 0.1) is 5.02 Å². The Balaban J connectivity index is 2.51. The van der Waals surface area contributed by atoms with Crippen molar-refractivity contribution in [1.29, 1.82) is 0 Å². The van der Waals surface area contributed by atoms with Crippen molar-refractivity contribution >= 4 is 29.4 Å². The van der Waals surface area contributed by atoms with Crippen molar-refractivity contribution in [3.63, 3.8) is 0 Å². The first-order valence-electron chi connectivity index (χ1n) is 6.09. The van der Waals surface area contributed by atoms with Crippen LogP contribution in [0.2, 0.25) is 5.02 Å². The average Bonchev–Trinajstić information content (AvgIpc) is 2.29. The van der Waals surface area contributed by atoms with Gasteiger partial charge in [0.2, 0.25) is 5.91 Å². The van der Waals surface area contributed by atoms with Crippen molar-refractivity contribution < 1.29 is 14.3 Å². The molecule has 0 fully saturated rings. The van der Waals surface area contributed by atoms with Gasteiger partial charge >= 0.3 is 6.09 Å². The normalized spacial score (nSPS) is 12.4. The van der Waals surface area contributed by atoms with Gasteiger partial charge in [-0.2, -0.15) is 0 Å². The Morgan fingerprint density at radius 2 is 2.00 bits per heavy atom. The molecule has 110 valence electrons. The lowest BCUT2D eigenvalue weighted by Crippen LogP contribution is -2.44. The van der Waals surface area contributed by atoms with E-state index in [9.17, 15) is 9.59 Å². The number of amides is 2. The number of aromatic nitrogens is 1. The molecule has 2 N–H and O–H groups in total. The fourth-order valence-corrected chi connectivity index (χ4v) is 1.35. The third-order valence-electron chi connectivity index (χ3n) is 2.11. The number of carbonyl (C=O) groups is 2. The number of nitrogens with one attached hydrogen (secondary N) is 2. The molecule has 0 saturated heterocycles. The molecule has 1 atom stereocenters. The quantitative estimate of drug-likeness (QED) is 0.899. The van der Waals surface area contributed by atoms with E-state index >= 15 is 0 Å². The molecule has 0 radical (unpaired) electrons. The minimum absolute atomic E-state index is 0.359. The summed E-state index contributed by atoms with van der Waals surface area (Å²) in [5, 5.41) is 5.47. The second-order valence-corrected chi connectivity index (χ2v) is 5.66. The number of nitrogens with zero attached hydrogens (tertiary/aromatic N) is 1. The molecular weight excluding hydrogens is 282 g/mol. The number of hydrogen-bond acceptors (Lipinski definition) is 4. The van der Waals surface area contributed by atoms with Gasteiger partial charge in [-0.3, -0.25) is 4.79 Å². The predicted octanol–water partition coefficient (Wildman–Crippen LogP) is 2.59. The van der Waals surface area contributed by atoms with E-state index in [0.717, 1.165) is 0 Å². The lowest BCUT2D eigenvalue weighted by atomic mass is 10.2. The molecule has 2 amide bonds. The summed E-state index contributed by atoms with van der Waals surface area (Å²) < 4.78 is 5.06. The number of rotatable bonds is 3. The zero-order valence-electron chi connectivity index (χ0n) is 11.9. The molecule has 20 heavy (non-hydrogen) atoms. The number of hydrogen-bond donors (Lipinski definition) is 2. The highest BCUT2D eigenvalue weighted by molar-refractivity contribution is 6.30. The summed E-state index contributed by atoms with van der Waals surface area (Å²) in [5.41, 5.74) is -0.613. The fraction of sp³-hybridized carbons (Fsp3) is 0.462. The third-order valence-corrected chi connectivity index (χ3v) is 2.33. The minimum Gasteiger partial charge on any atom is -0.444 e. The van der Waals surface area contributed by atoms with Crippen LogP contribution in [0.15, 0.2) is 18.3 Å². The van der Waals surface area contributed by atoms with E-state index in [-0.39, 0.29) is 0 Å². The highest BCUT2D eigenvalue weighted by atomic mass is 35.5. The van der Waals surface area contributed by atoms with E-state index in [1.807, 2.05) is 0 Å². The summed E-state index contributed by atoms with van der Waals surface area (Å²) in [6.07, 6.45) is 0.771. The van der Waals surface area contributed by atoms with Gasteiger partial charge in [0.15, 0.2) is 0 Å². The third kappa shape index (κ3) is 5.88. The minimum atomic E-state index is -0.748. The van der Waals surface area contributed by atoms with Gasteiger partial charge < -0.3 is 15.4 Å². The molecule has 0 bridgehead atoms. The fourth-order valence-electron chi connectivity index (χ4n) is 1.23. The Bertz CT molecular complexity index is 483. The zero-order valence-corrected chi connectivity index (χ0v) is 12.6. The number of carbonyl (C=O) groups excluding carboxylic acids is 2. The van der Waals surface area contributed by atoms with Gasteiger partial charge in [-0.25, -0.2) is 9.78 Å². The van der Waals surface area contributed by atoms with Crippen LogP contribution in [0.25, 0.3) is 0 Å². The van der Waals surface area contributed by atoms with Gasteiger partial charge in [-0.05, 0) is 39.8 Å². The summed E-state index contributed by atoms with van der Waals surface area (Å²) in [6, 6.07) is 2.43. The van der Waals surface area contributed by atoms with Crippen LogP contribution in [0, 0.1) is 0 Å². The summed E-state index contributed by atoms with van der Waals surface area (Å²) in [4.78, 5) is 27.3. The number of anilines is 1. The Kier molecular flexibility index (Phi) is 5.33. The second kappa shape index (κ2) is 6.56. The first kappa shape index (κ1) is 16.2. The highest BCUT2D eigenvalue weighted by Gasteiger charge is 2.21. The molecule has 0 spiro atoms. The molecule has 1 aromatic heterocycles. The smallest absolute Gasteiger partial charge is 0.408 e. The molecule has 0 aliphatic heterocycles. The maximum absolute atomic E-state index is 11.8. The van der Waals surface area contributed by atoms with Gasteiger partial charge in [0, 0.05) is 6.20 Å².